The minimum atomic E-state index is -0.798. The average molecular weight is 528 g/mol. The average Bonchev–Trinajstić information content (AvgIpc) is 3.52. The first-order valence-corrected chi connectivity index (χ1v) is 11.9. The lowest BCUT2D eigenvalue weighted by Gasteiger charge is -2.19. The lowest BCUT2D eigenvalue weighted by atomic mass is 10.1. The summed E-state index contributed by atoms with van der Waals surface area (Å²) in [6.07, 6.45) is 2.37. The number of aliphatic imine (C=N–C) groups is 1. The van der Waals surface area contributed by atoms with Crippen molar-refractivity contribution in [2.24, 2.45) is 4.99 Å². The van der Waals surface area contributed by atoms with Crippen molar-refractivity contribution in [2.75, 3.05) is 37.9 Å². The van der Waals surface area contributed by atoms with Crippen LogP contribution in [0.4, 0.5) is 16.4 Å². The van der Waals surface area contributed by atoms with E-state index in [-0.39, 0.29) is 24.3 Å². The Kier molecular flexibility index (Phi) is 7.03. The first kappa shape index (κ1) is 25.2. The highest BCUT2D eigenvalue weighted by Gasteiger charge is 2.27. The number of rotatable bonds is 8. The molecule has 5 rings (SSSR count). The number of imidazole rings is 1. The Morgan fingerprint density at radius 2 is 1.92 bits per heavy atom. The molecule has 0 atom stereocenters. The normalized spacial score (nSPS) is 14.0. The summed E-state index contributed by atoms with van der Waals surface area (Å²) >= 11 is 0. The summed E-state index contributed by atoms with van der Waals surface area (Å²) in [4.78, 5) is 52.6. The second kappa shape index (κ2) is 10.9. The van der Waals surface area contributed by atoms with E-state index in [9.17, 15) is 9.59 Å². The number of nitrogens with two attached hydrogens (primary N) is 1. The molecule has 198 valence electrons. The molecule has 0 saturated carbocycles. The largest absolute Gasteiger partial charge is 0.446 e. The Morgan fingerprint density at radius 1 is 1.15 bits per heavy atom. The first-order valence-electron chi connectivity index (χ1n) is 11.9. The predicted octanol–water partition coefficient (Wildman–Crippen LogP) is 2.35. The standard InChI is InChI=1S/C26H25N9O4/c1-34(12-13-38-26(37)33-39-23-20-21(29-15-28-20)31-25(27)32-23)18-10-8-16(9-11-18)14-19-24(36)35(2)22(30-19)17-6-4-3-5-7-17/h3-11,14-15H,12-13H2,1-2H3,(H,33,37)(H3,27,28,29,31,32)/b19-14-. The van der Waals surface area contributed by atoms with Gasteiger partial charge in [0, 0.05) is 25.3 Å². The maximum Gasteiger partial charge on any atom is 0.440 e. The maximum atomic E-state index is 12.7. The van der Waals surface area contributed by atoms with Gasteiger partial charge in [0.1, 0.15) is 18.1 Å². The van der Waals surface area contributed by atoms with Crippen molar-refractivity contribution in [3.63, 3.8) is 0 Å². The van der Waals surface area contributed by atoms with Gasteiger partial charge in [-0.3, -0.25) is 9.69 Å². The monoisotopic (exact) mass is 527 g/mol. The number of amides is 2. The van der Waals surface area contributed by atoms with E-state index < -0.39 is 6.09 Å². The molecule has 4 N–H and O–H groups in total. The summed E-state index contributed by atoms with van der Waals surface area (Å²) in [7, 11) is 3.58. The lowest BCUT2D eigenvalue weighted by molar-refractivity contribution is -0.121. The summed E-state index contributed by atoms with van der Waals surface area (Å²) in [5.41, 5.74) is 11.5. The number of carbonyl (C=O) groups is 2. The molecule has 0 fully saturated rings. The van der Waals surface area contributed by atoms with Crippen molar-refractivity contribution in [3.05, 3.63) is 77.7 Å². The van der Waals surface area contributed by atoms with Gasteiger partial charge in [-0.05, 0) is 23.8 Å². The van der Waals surface area contributed by atoms with E-state index in [2.05, 4.69) is 30.4 Å². The molecule has 0 aliphatic carbocycles. The number of aromatic nitrogens is 4. The van der Waals surface area contributed by atoms with Gasteiger partial charge in [0.2, 0.25) is 5.95 Å². The number of hydrogen-bond donors (Lipinski definition) is 3. The molecule has 2 amide bonds. The second-order valence-corrected chi connectivity index (χ2v) is 8.54. The van der Waals surface area contributed by atoms with Crippen LogP contribution in [-0.2, 0) is 9.53 Å². The zero-order valence-corrected chi connectivity index (χ0v) is 21.2. The van der Waals surface area contributed by atoms with Crippen LogP contribution in [0.5, 0.6) is 5.88 Å². The number of H-pyrrole nitrogens is 1. The van der Waals surface area contributed by atoms with E-state index in [0.717, 1.165) is 16.8 Å². The molecule has 0 bridgehead atoms. The molecule has 2 aromatic carbocycles. The Bertz CT molecular complexity index is 1570. The number of benzene rings is 2. The number of aromatic amines is 1. The molecule has 2 aromatic heterocycles. The van der Waals surface area contributed by atoms with E-state index in [1.807, 2.05) is 66.5 Å². The molecule has 4 aromatic rings. The summed E-state index contributed by atoms with van der Waals surface area (Å²) in [5, 5.41) is 0. The van der Waals surface area contributed by atoms with Gasteiger partial charge in [-0.15, -0.1) is 0 Å². The van der Waals surface area contributed by atoms with Crippen molar-refractivity contribution in [1.29, 1.82) is 0 Å². The number of nitrogen functional groups attached to an aromatic ring is 1. The number of ether oxygens (including phenoxy) is 1. The van der Waals surface area contributed by atoms with E-state index >= 15 is 0 Å². The molecule has 13 nitrogen and oxygen atoms in total. The van der Waals surface area contributed by atoms with Gasteiger partial charge >= 0.3 is 6.09 Å². The summed E-state index contributed by atoms with van der Waals surface area (Å²) in [6, 6.07) is 17.2. The molecular formula is C26H25N9O4. The van der Waals surface area contributed by atoms with Gasteiger partial charge in [-0.1, -0.05) is 42.5 Å². The fourth-order valence-corrected chi connectivity index (χ4v) is 3.85. The number of anilines is 2. The van der Waals surface area contributed by atoms with Crippen LogP contribution < -0.4 is 21.0 Å². The third-order valence-electron chi connectivity index (χ3n) is 5.89. The minimum Gasteiger partial charge on any atom is -0.446 e. The van der Waals surface area contributed by atoms with Crippen molar-refractivity contribution in [1.82, 2.24) is 30.3 Å². The molecular weight excluding hydrogens is 502 g/mol. The summed E-state index contributed by atoms with van der Waals surface area (Å²) in [6.45, 7) is 0.519. The number of hydrogen-bond acceptors (Lipinski definition) is 10. The van der Waals surface area contributed by atoms with Crippen LogP contribution in [0.25, 0.3) is 17.2 Å². The van der Waals surface area contributed by atoms with Gasteiger partial charge in [0.15, 0.2) is 11.2 Å². The van der Waals surface area contributed by atoms with Crippen LogP contribution in [-0.4, -0.2) is 69.9 Å². The van der Waals surface area contributed by atoms with Crippen LogP contribution in [0.15, 0.2) is 71.6 Å². The van der Waals surface area contributed by atoms with Crippen LogP contribution in [0.2, 0.25) is 0 Å². The van der Waals surface area contributed by atoms with Crippen molar-refractivity contribution < 1.29 is 19.2 Å². The van der Waals surface area contributed by atoms with E-state index in [4.69, 9.17) is 15.3 Å². The zero-order chi connectivity index (χ0) is 27.4. The number of amidine groups is 1. The number of fused-ring (bicyclic) bond motifs is 1. The van der Waals surface area contributed by atoms with Crippen LogP contribution in [0, 0.1) is 0 Å². The third kappa shape index (κ3) is 5.61. The van der Waals surface area contributed by atoms with Crippen LogP contribution in [0.3, 0.4) is 0 Å². The Morgan fingerprint density at radius 3 is 2.69 bits per heavy atom. The Labute approximate surface area is 222 Å². The Hall–Kier alpha value is -5.46. The predicted molar refractivity (Wildman–Crippen MR) is 145 cm³/mol. The first-order chi connectivity index (χ1) is 18.9. The zero-order valence-electron chi connectivity index (χ0n) is 21.2. The number of nitrogens with zero attached hydrogens (tertiary/aromatic N) is 6. The highest BCUT2D eigenvalue weighted by molar-refractivity contribution is 6.19. The van der Waals surface area contributed by atoms with Gasteiger partial charge < -0.3 is 25.2 Å². The Balaban J connectivity index is 1.13. The van der Waals surface area contributed by atoms with Gasteiger partial charge in [-0.25, -0.2) is 14.8 Å². The molecule has 13 heteroatoms. The molecule has 0 radical (unpaired) electrons. The third-order valence-corrected chi connectivity index (χ3v) is 5.89. The number of nitrogens with one attached hydrogen (secondary N) is 2. The van der Waals surface area contributed by atoms with E-state index in [0.29, 0.717) is 29.2 Å². The molecule has 0 unspecified atom stereocenters. The van der Waals surface area contributed by atoms with Crippen molar-refractivity contribution >= 4 is 46.7 Å². The number of hydroxylamine groups is 1. The minimum absolute atomic E-state index is 0.00388. The van der Waals surface area contributed by atoms with Crippen molar-refractivity contribution in [3.8, 4) is 5.88 Å². The van der Waals surface area contributed by atoms with Gasteiger partial charge in [0.05, 0.1) is 12.9 Å². The molecule has 0 saturated heterocycles. The fraction of sp³-hybridized carbons (Fsp3) is 0.154. The fourth-order valence-electron chi connectivity index (χ4n) is 3.85. The highest BCUT2D eigenvalue weighted by Crippen LogP contribution is 2.22. The molecule has 1 aliphatic heterocycles. The number of carbonyl (C=O) groups excluding carboxylic acids is 2. The SMILES string of the molecule is CN1C(=O)/C(=C/c2ccc(N(C)CCOC(=O)NOc3nc(N)nc4[nH]cnc34)cc2)N=C1c1ccccc1. The quantitative estimate of drug-likeness (QED) is 0.230. The van der Waals surface area contributed by atoms with Gasteiger partial charge in [0.25, 0.3) is 11.8 Å². The molecule has 39 heavy (non-hydrogen) atoms. The molecule has 0 spiro atoms. The van der Waals surface area contributed by atoms with Crippen LogP contribution >= 0.6 is 0 Å². The van der Waals surface area contributed by atoms with E-state index in [1.54, 1.807) is 18.0 Å². The summed E-state index contributed by atoms with van der Waals surface area (Å²) < 4.78 is 5.17. The molecule has 1 aliphatic rings. The summed E-state index contributed by atoms with van der Waals surface area (Å²) in [5.74, 6) is 0.419. The second-order valence-electron chi connectivity index (χ2n) is 8.54. The van der Waals surface area contributed by atoms with E-state index in [1.165, 1.54) is 6.33 Å². The maximum absolute atomic E-state index is 12.7. The van der Waals surface area contributed by atoms with Crippen LogP contribution in [0.1, 0.15) is 11.1 Å². The topological polar surface area (TPSA) is 164 Å². The number of likely N-dealkylation sites (N-methyl/N-ethyl adjacent to an activating group) is 2. The van der Waals surface area contributed by atoms with Crippen molar-refractivity contribution in [2.45, 2.75) is 0 Å². The smallest absolute Gasteiger partial charge is 0.440 e. The van der Waals surface area contributed by atoms with Gasteiger partial charge in [-0.2, -0.15) is 15.4 Å². The lowest BCUT2D eigenvalue weighted by Crippen LogP contribution is -2.31. The molecule has 3 heterocycles. The highest BCUT2D eigenvalue weighted by atomic mass is 16.7.